The highest BCUT2D eigenvalue weighted by molar-refractivity contribution is 8.00. The lowest BCUT2D eigenvalue weighted by Crippen LogP contribution is -2.53. The van der Waals surface area contributed by atoms with Gasteiger partial charge in [-0.2, -0.15) is 0 Å². The van der Waals surface area contributed by atoms with Gasteiger partial charge in [-0.15, -0.1) is 24.2 Å². The Morgan fingerprint density at radius 3 is 2.22 bits per heavy atom. The number of amides is 1. The zero-order valence-electron chi connectivity index (χ0n) is 14.5. The summed E-state index contributed by atoms with van der Waals surface area (Å²) in [4.78, 5) is 13.3. The van der Waals surface area contributed by atoms with Gasteiger partial charge < -0.3 is 11.1 Å². The van der Waals surface area contributed by atoms with Crippen molar-refractivity contribution in [2.75, 3.05) is 12.3 Å². The summed E-state index contributed by atoms with van der Waals surface area (Å²) in [5, 5.41) is 3.13. The van der Waals surface area contributed by atoms with E-state index in [1.165, 1.54) is 18.4 Å². The molecule has 2 rings (SSSR count). The maximum atomic E-state index is 12.2. The first-order valence-corrected chi connectivity index (χ1v) is 8.97. The van der Waals surface area contributed by atoms with Crippen LogP contribution in [0, 0.1) is 5.92 Å². The van der Waals surface area contributed by atoms with Gasteiger partial charge in [-0.25, -0.2) is 0 Å². The minimum atomic E-state index is -0.228. The van der Waals surface area contributed by atoms with E-state index < -0.39 is 0 Å². The lowest BCUT2D eigenvalue weighted by Gasteiger charge is -2.29. The summed E-state index contributed by atoms with van der Waals surface area (Å²) in [7, 11) is 0. The summed E-state index contributed by atoms with van der Waals surface area (Å²) in [5.41, 5.74) is 7.08. The normalized spacial score (nSPS) is 17.1. The molecule has 0 spiro atoms. The fourth-order valence-corrected chi connectivity index (χ4v) is 3.29. The highest BCUT2D eigenvalue weighted by Crippen LogP contribution is 2.39. The van der Waals surface area contributed by atoms with Crippen molar-refractivity contribution >= 4 is 30.1 Å². The highest BCUT2D eigenvalue weighted by Gasteiger charge is 2.41. The van der Waals surface area contributed by atoms with Gasteiger partial charge in [0, 0.05) is 11.4 Å². The summed E-state index contributed by atoms with van der Waals surface area (Å²) in [5.74, 6) is 1.07. The van der Waals surface area contributed by atoms with Gasteiger partial charge in [0.1, 0.15) is 0 Å². The number of benzene rings is 1. The molecule has 0 heterocycles. The average molecular weight is 357 g/mol. The van der Waals surface area contributed by atoms with E-state index in [9.17, 15) is 4.79 Å². The second-order valence-electron chi connectivity index (χ2n) is 7.51. The van der Waals surface area contributed by atoms with Crippen LogP contribution in [0.5, 0.6) is 0 Å². The molecule has 1 aromatic carbocycles. The van der Waals surface area contributed by atoms with E-state index >= 15 is 0 Å². The van der Waals surface area contributed by atoms with E-state index in [-0.39, 0.29) is 29.3 Å². The standard InChI is InChI=1S/C18H28N2OS.ClH/c1-17(2,3)13-7-9-15(10-8-13)22-11-16(21)20-18(4,12-19)14-5-6-14;/h7-10,14H,5-6,11-12,19H2,1-4H3,(H,20,21);1H. The third-order valence-corrected chi connectivity index (χ3v) is 5.43. The molecule has 0 aromatic heterocycles. The molecule has 0 saturated heterocycles. The monoisotopic (exact) mass is 356 g/mol. The third-order valence-electron chi connectivity index (χ3n) is 4.42. The lowest BCUT2D eigenvalue weighted by atomic mass is 9.87. The molecule has 23 heavy (non-hydrogen) atoms. The number of hydrogen-bond acceptors (Lipinski definition) is 3. The van der Waals surface area contributed by atoms with Gasteiger partial charge in [-0.05, 0) is 48.8 Å². The van der Waals surface area contributed by atoms with Gasteiger partial charge in [0.05, 0.1) is 11.3 Å². The van der Waals surface area contributed by atoms with E-state index in [4.69, 9.17) is 5.73 Å². The smallest absolute Gasteiger partial charge is 0.230 e. The quantitative estimate of drug-likeness (QED) is 0.763. The Balaban J connectivity index is 0.00000264. The third kappa shape index (κ3) is 5.70. The van der Waals surface area contributed by atoms with Crippen molar-refractivity contribution in [3.05, 3.63) is 29.8 Å². The van der Waals surface area contributed by atoms with Crippen LogP contribution in [-0.2, 0) is 10.2 Å². The molecule has 5 heteroatoms. The average Bonchev–Trinajstić information content (AvgIpc) is 3.29. The molecular weight excluding hydrogens is 328 g/mol. The predicted molar refractivity (Wildman–Crippen MR) is 101 cm³/mol. The lowest BCUT2D eigenvalue weighted by molar-refractivity contribution is -0.120. The Hall–Kier alpha value is -0.710. The van der Waals surface area contributed by atoms with Crippen molar-refractivity contribution in [3.63, 3.8) is 0 Å². The fourth-order valence-electron chi connectivity index (χ4n) is 2.59. The number of nitrogens with one attached hydrogen (secondary N) is 1. The molecule has 1 aliphatic rings. The summed E-state index contributed by atoms with van der Waals surface area (Å²) < 4.78 is 0. The second kappa shape index (κ2) is 7.91. The Morgan fingerprint density at radius 1 is 1.22 bits per heavy atom. The predicted octanol–water partition coefficient (Wildman–Crippen LogP) is 3.74. The number of rotatable bonds is 6. The number of carbonyl (C=O) groups excluding carboxylic acids is 1. The molecule has 0 radical (unpaired) electrons. The van der Waals surface area contributed by atoms with Crippen molar-refractivity contribution < 1.29 is 4.79 Å². The molecule has 0 aliphatic heterocycles. The minimum absolute atomic E-state index is 0. The first-order chi connectivity index (χ1) is 10.2. The highest BCUT2D eigenvalue weighted by atomic mass is 35.5. The maximum Gasteiger partial charge on any atom is 0.230 e. The number of halogens is 1. The van der Waals surface area contributed by atoms with Crippen molar-refractivity contribution in [1.29, 1.82) is 0 Å². The summed E-state index contributed by atoms with van der Waals surface area (Å²) in [6, 6.07) is 8.49. The van der Waals surface area contributed by atoms with E-state index in [1.54, 1.807) is 11.8 Å². The van der Waals surface area contributed by atoms with Crippen molar-refractivity contribution in [1.82, 2.24) is 5.32 Å². The summed E-state index contributed by atoms with van der Waals surface area (Å²) >= 11 is 1.58. The van der Waals surface area contributed by atoms with Gasteiger partial charge >= 0.3 is 0 Å². The molecule has 1 aliphatic carbocycles. The molecule has 1 atom stereocenters. The Bertz CT molecular complexity index is 523. The zero-order chi connectivity index (χ0) is 16.4. The molecular formula is C18H29ClN2OS. The van der Waals surface area contributed by atoms with Crippen LogP contribution in [0.4, 0.5) is 0 Å². The van der Waals surface area contributed by atoms with Gasteiger partial charge in [-0.3, -0.25) is 4.79 Å². The molecule has 0 bridgehead atoms. The van der Waals surface area contributed by atoms with Crippen LogP contribution in [0.15, 0.2) is 29.2 Å². The molecule has 1 saturated carbocycles. The van der Waals surface area contributed by atoms with Gasteiger partial charge in [0.15, 0.2) is 0 Å². The molecule has 3 nitrogen and oxygen atoms in total. The van der Waals surface area contributed by atoms with Crippen molar-refractivity contribution in [2.24, 2.45) is 11.7 Å². The Labute approximate surface area is 150 Å². The van der Waals surface area contributed by atoms with E-state index in [2.05, 4.69) is 57.3 Å². The first kappa shape index (κ1) is 20.3. The van der Waals surface area contributed by atoms with Crippen LogP contribution in [0.2, 0.25) is 0 Å². The summed E-state index contributed by atoms with van der Waals surface area (Å²) in [6.07, 6.45) is 2.35. The van der Waals surface area contributed by atoms with Crippen LogP contribution in [0.25, 0.3) is 0 Å². The molecule has 1 fully saturated rings. The van der Waals surface area contributed by atoms with Crippen molar-refractivity contribution in [2.45, 2.75) is 56.4 Å². The SMILES string of the molecule is CC(C)(C)c1ccc(SCC(=O)NC(C)(CN)C2CC2)cc1.Cl. The van der Waals surface area contributed by atoms with E-state index in [0.717, 1.165) is 4.90 Å². The van der Waals surface area contributed by atoms with Crippen LogP contribution in [-0.4, -0.2) is 23.7 Å². The summed E-state index contributed by atoms with van der Waals surface area (Å²) in [6.45, 7) is 9.18. The van der Waals surface area contributed by atoms with Gasteiger partial charge in [0.2, 0.25) is 5.91 Å². The van der Waals surface area contributed by atoms with E-state index in [0.29, 0.717) is 18.2 Å². The fraction of sp³-hybridized carbons (Fsp3) is 0.611. The molecule has 1 amide bonds. The number of nitrogens with two attached hydrogens (primary N) is 1. The largest absolute Gasteiger partial charge is 0.349 e. The molecule has 1 aromatic rings. The second-order valence-corrected chi connectivity index (χ2v) is 8.56. The maximum absolute atomic E-state index is 12.2. The van der Waals surface area contributed by atoms with Crippen molar-refractivity contribution in [3.8, 4) is 0 Å². The molecule has 1 unspecified atom stereocenters. The molecule has 130 valence electrons. The number of carbonyl (C=O) groups is 1. The van der Waals surface area contributed by atoms with E-state index in [1.807, 2.05) is 0 Å². The Morgan fingerprint density at radius 2 is 1.78 bits per heavy atom. The first-order valence-electron chi connectivity index (χ1n) is 7.99. The van der Waals surface area contributed by atoms with Crippen LogP contribution < -0.4 is 11.1 Å². The number of hydrogen-bond donors (Lipinski definition) is 2. The van der Waals surface area contributed by atoms with Gasteiger partial charge in [-0.1, -0.05) is 32.9 Å². The Kier molecular flexibility index (Phi) is 6.99. The van der Waals surface area contributed by atoms with Crippen LogP contribution >= 0.6 is 24.2 Å². The van der Waals surface area contributed by atoms with Crippen LogP contribution in [0.1, 0.15) is 46.1 Å². The topological polar surface area (TPSA) is 55.1 Å². The zero-order valence-corrected chi connectivity index (χ0v) is 16.2. The van der Waals surface area contributed by atoms with Gasteiger partial charge in [0.25, 0.3) is 0 Å². The number of thioether (sulfide) groups is 1. The minimum Gasteiger partial charge on any atom is -0.349 e. The van der Waals surface area contributed by atoms with Crippen LogP contribution in [0.3, 0.4) is 0 Å². The molecule has 3 N–H and O–H groups in total.